The van der Waals surface area contributed by atoms with Crippen molar-refractivity contribution in [2.24, 2.45) is 12.0 Å². The van der Waals surface area contributed by atoms with E-state index in [1.807, 2.05) is 7.05 Å². The lowest BCUT2D eigenvalue weighted by Crippen LogP contribution is -2.39. The molecule has 1 fully saturated rings. The molecule has 6 nitrogen and oxygen atoms in total. The zero-order valence-electron chi connectivity index (χ0n) is 12.3. The third-order valence-electron chi connectivity index (χ3n) is 3.78. The van der Waals surface area contributed by atoms with Gasteiger partial charge in [0, 0.05) is 26.1 Å². The number of aromatic nitrogens is 3. The minimum atomic E-state index is 0.457. The van der Waals surface area contributed by atoms with E-state index >= 15 is 0 Å². The molecule has 0 aliphatic heterocycles. The Hall–Kier alpha value is -2.37. The second kappa shape index (κ2) is 5.95. The molecule has 0 spiro atoms. The van der Waals surface area contributed by atoms with Crippen LogP contribution >= 0.6 is 0 Å². The second-order valence-corrected chi connectivity index (χ2v) is 5.23. The third kappa shape index (κ3) is 3.21. The zero-order chi connectivity index (χ0) is 14.7. The quantitative estimate of drug-likeness (QED) is 0.650. The summed E-state index contributed by atoms with van der Waals surface area (Å²) in [5, 5.41) is 10.8. The van der Waals surface area contributed by atoms with Gasteiger partial charge in [-0.25, -0.2) is 4.98 Å². The van der Waals surface area contributed by atoms with Crippen molar-refractivity contribution in [1.29, 1.82) is 0 Å². The van der Waals surface area contributed by atoms with Crippen LogP contribution in [0.2, 0.25) is 0 Å². The first-order valence-corrected chi connectivity index (χ1v) is 7.13. The van der Waals surface area contributed by atoms with E-state index in [2.05, 4.69) is 56.0 Å². The molecule has 0 saturated heterocycles. The van der Waals surface area contributed by atoms with E-state index in [4.69, 9.17) is 0 Å². The van der Waals surface area contributed by atoms with Crippen molar-refractivity contribution in [3.05, 3.63) is 48.0 Å². The molecule has 21 heavy (non-hydrogen) atoms. The summed E-state index contributed by atoms with van der Waals surface area (Å²) >= 11 is 0. The number of benzene rings is 1. The van der Waals surface area contributed by atoms with Gasteiger partial charge < -0.3 is 10.6 Å². The summed E-state index contributed by atoms with van der Waals surface area (Å²) in [6.07, 6.45) is 2.70. The Balaban J connectivity index is 1.51. The van der Waals surface area contributed by atoms with Gasteiger partial charge in [-0.1, -0.05) is 30.3 Å². The minimum Gasteiger partial charge on any atom is -0.353 e. The topological polar surface area (TPSA) is 67.1 Å². The van der Waals surface area contributed by atoms with Crippen molar-refractivity contribution in [2.45, 2.75) is 24.9 Å². The molecule has 0 radical (unpaired) electrons. The van der Waals surface area contributed by atoms with Crippen LogP contribution in [-0.4, -0.2) is 33.8 Å². The van der Waals surface area contributed by atoms with Crippen LogP contribution < -0.4 is 10.6 Å². The molecule has 3 rings (SSSR count). The standard InChI is InChI=1S/C15H20N6/c1-16-15(17-9-14-18-10-19-21(14)2)20-13-8-12(13)11-6-4-3-5-7-11/h3-7,10,12-13H,8-9H2,1-2H3,(H2,16,17,20). The van der Waals surface area contributed by atoms with Crippen molar-refractivity contribution in [3.8, 4) is 0 Å². The maximum Gasteiger partial charge on any atom is 0.191 e. The first-order valence-electron chi connectivity index (χ1n) is 7.13. The number of hydrogen-bond donors (Lipinski definition) is 2. The molecule has 1 aromatic carbocycles. The van der Waals surface area contributed by atoms with E-state index in [9.17, 15) is 0 Å². The summed E-state index contributed by atoms with van der Waals surface area (Å²) in [6, 6.07) is 11.1. The van der Waals surface area contributed by atoms with Gasteiger partial charge >= 0.3 is 0 Å². The highest BCUT2D eigenvalue weighted by Gasteiger charge is 2.38. The SMILES string of the molecule is CN=C(NCc1ncnn1C)NC1CC1c1ccccc1. The van der Waals surface area contributed by atoms with E-state index in [0.29, 0.717) is 18.5 Å². The predicted octanol–water partition coefficient (Wildman–Crippen LogP) is 1.04. The van der Waals surface area contributed by atoms with Gasteiger partial charge in [-0.15, -0.1) is 0 Å². The molecule has 1 saturated carbocycles. The summed E-state index contributed by atoms with van der Waals surface area (Å²) in [4.78, 5) is 8.45. The molecule has 1 aliphatic carbocycles. The van der Waals surface area contributed by atoms with Crippen LogP contribution in [0.25, 0.3) is 0 Å². The van der Waals surface area contributed by atoms with Crippen LogP contribution in [0.3, 0.4) is 0 Å². The molecule has 110 valence electrons. The highest BCUT2D eigenvalue weighted by Crippen LogP contribution is 2.40. The zero-order valence-corrected chi connectivity index (χ0v) is 12.3. The Bertz CT molecular complexity index is 618. The molecule has 0 bridgehead atoms. The van der Waals surface area contributed by atoms with Crippen molar-refractivity contribution < 1.29 is 0 Å². The fourth-order valence-electron chi connectivity index (χ4n) is 2.44. The van der Waals surface area contributed by atoms with E-state index in [-0.39, 0.29) is 0 Å². The maximum atomic E-state index is 4.26. The maximum absolute atomic E-state index is 4.26. The normalized spacial score (nSPS) is 21.1. The molecule has 1 heterocycles. The fourth-order valence-corrected chi connectivity index (χ4v) is 2.44. The van der Waals surface area contributed by atoms with Crippen molar-refractivity contribution >= 4 is 5.96 Å². The smallest absolute Gasteiger partial charge is 0.191 e. The average molecular weight is 284 g/mol. The van der Waals surface area contributed by atoms with Crippen LogP contribution in [0.4, 0.5) is 0 Å². The molecule has 0 amide bonds. The van der Waals surface area contributed by atoms with Gasteiger partial charge in [-0.2, -0.15) is 5.10 Å². The number of guanidine groups is 1. The van der Waals surface area contributed by atoms with Gasteiger partial charge in [-0.3, -0.25) is 9.67 Å². The molecular weight excluding hydrogens is 264 g/mol. The lowest BCUT2D eigenvalue weighted by atomic mass is 10.1. The molecule has 2 N–H and O–H groups in total. The molecule has 1 aromatic heterocycles. The van der Waals surface area contributed by atoms with Crippen LogP contribution in [0.1, 0.15) is 23.7 Å². The number of nitrogens with one attached hydrogen (secondary N) is 2. The number of rotatable bonds is 4. The van der Waals surface area contributed by atoms with Crippen LogP contribution in [0.15, 0.2) is 41.7 Å². The highest BCUT2D eigenvalue weighted by molar-refractivity contribution is 5.80. The van der Waals surface area contributed by atoms with E-state index in [0.717, 1.165) is 18.2 Å². The molecule has 2 unspecified atom stereocenters. The van der Waals surface area contributed by atoms with Gasteiger partial charge in [0.15, 0.2) is 5.96 Å². The van der Waals surface area contributed by atoms with Gasteiger partial charge in [0.2, 0.25) is 0 Å². The number of nitrogens with zero attached hydrogens (tertiary/aromatic N) is 4. The number of aliphatic imine (C=N–C) groups is 1. The Kier molecular flexibility index (Phi) is 3.85. The Labute approximate surface area is 124 Å². The first-order chi connectivity index (χ1) is 10.3. The lowest BCUT2D eigenvalue weighted by molar-refractivity contribution is 0.671. The van der Waals surface area contributed by atoms with Gasteiger partial charge in [0.05, 0.1) is 6.54 Å². The van der Waals surface area contributed by atoms with Crippen molar-refractivity contribution in [1.82, 2.24) is 25.4 Å². The molecular formula is C15H20N6. The second-order valence-electron chi connectivity index (χ2n) is 5.23. The van der Waals surface area contributed by atoms with Gasteiger partial charge in [-0.05, 0) is 12.0 Å². The summed E-state index contributed by atoms with van der Waals surface area (Å²) in [5.74, 6) is 2.27. The minimum absolute atomic E-state index is 0.457. The van der Waals surface area contributed by atoms with Crippen molar-refractivity contribution in [2.75, 3.05) is 7.05 Å². The van der Waals surface area contributed by atoms with Gasteiger partial charge in [0.1, 0.15) is 12.2 Å². The van der Waals surface area contributed by atoms with Crippen LogP contribution in [-0.2, 0) is 13.6 Å². The summed E-state index contributed by atoms with van der Waals surface area (Å²) in [5.41, 5.74) is 1.39. The summed E-state index contributed by atoms with van der Waals surface area (Å²) in [6.45, 7) is 0.610. The molecule has 6 heteroatoms. The Morgan fingerprint density at radius 1 is 1.38 bits per heavy atom. The predicted molar refractivity (Wildman–Crippen MR) is 81.9 cm³/mol. The molecule has 2 atom stereocenters. The summed E-state index contributed by atoms with van der Waals surface area (Å²) < 4.78 is 1.75. The van der Waals surface area contributed by atoms with E-state index in [1.165, 1.54) is 5.56 Å². The summed E-state index contributed by atoms with van der Waals surface area (Å²) in [7, 11) is 3.67. The first kappa shape index (κ1) is 13.6. The average Bonchev–Trinajstić information content (AvgIpc) is 3.17. The van der Waals surface area contributed by atoms with Crippen LogP contribution in [0, 0.1) is 0 Å². The Morgan fingerprint density at radius 3 is 2.86 bits per heavy atom. The highest BCUT2D eigenvalue weighted by atomic mass is 15.3. The lowest BCUT2D eigenvalue weighted by Gasteiger charge is -2.11. The number of aryl methyl sites for hydroxylation is 1. The van der Waals surface area contributed by atoms with E-state index < -0.39 is 0 Å². The van der Waals surface area contributed by atoms with E-state index in [1.54, 1.807) is 18.1 Å². The largest absolute Gasteiger partial charge is 0.353 e. The molecule has 1 aliphatic rings. The molecule has 2 aromatic rings. The third-order valence-corrected chi connectivity index (χ3v) is 3.78. The van der Waals surface area contributed by atoms with Crippen molar-refractivity contribution in [3.63, 3.8) is 0 Å². The monoisotopic (exact) mass is 284 g/mol. The van der Waals surface area contributed by atoms with Gasteiger partial charge in [0.25, 0.3) is 0 Å². The fraction of sp³-hybridized carbons (Fsp3) is 0.400. The number of hydrogen-bond acceptors (Lipinski definition) is 3. The Morgan fingerprint density at radius 2 is 2.19 bits per heavy atom. The van der Waals surface area contributed by atoms with Crippen LogP contribution in [0.5, 0.6) is 0 Å².